The standard InChI is InChI=1S/C22H32N6O2/c1-14(2)19(20-24-25-26-28(20)22(4,5)6)27(9-10-29)13-17-12-16-8-7-15(3)11-18(16)23-21(17)30/h7-8,11-12,14,19,29H,9-10,13H2,1-6H3,(H,23,30)/p+1/t19-/m0/s1. The van der Waals surface area contributed by atoms with Gasteiger partial charge in [-0.2, -0.15) is 0 Å². The molecule has 2 aromatic heterocycles. The van der Waals surface area contributed by atoms with Gasteiger partial charge in [-0.15, -0.1) is 5.10 Å². The first-order valence-electron chi connectivity index (χ1n) is 10.5. The second-order valence-corrected chi connectivity index (χ2v) is 9.36. The minimum absolute atomic E-state index is 0.0142. The molecule has 8 nitrogen and oxygen atoms in total. The van der Waals surface area contributed by atoms with Crippen molar-refractivity contribution in [1.82, 2.24) is 25.2 Å². The fraction of sp³-hybridized carbons (Fsp3) is 0.545. The highest BCUT2D eigenvalue weighted by atomic mass is 16.3. The van der Waals surface area contributed by atoms with Crippen LogP contribution in [0.4, 0.5) is 0 Å². The molecule has 0 aliphatic rings. The van der Waals surface area contributed by atoms with Crippen LogP contribution >= 0.6 is 0 Å². The molecule has 0 saturated carbocycles. The summed E-state index contributed by atoms with van der Waals surface area (Å²) in [6.07, 6.45) is 0. The highest BCUT2D eigenvalue weighted by Gasteiger charge is 2.35. The third kappa shape index (κ3) is 4.60. The number of pyridine rings is 1. The molecule has 0 amide bonds. The van der Waals surface area contributed by atoms with Crippen LogP contribution in [0.3, 0.4) is 0 Å². The Labute approximate surface area is 176 Å². The van der Waals surface area contributed by atoms with E-state index in [1.54, 1.807) is 0 Å². The van der Waals surface area contributed by atoms with Crippen molar-refractivity contribution < 1.29 is 10.0 Å². The van der Waals surface area contributed by atoms with Gasteiger partial charge < -0.3 is 15.0 Å². The van der Waals surface area contributed by atoms with E-state index in [1.165, 1.54) is 0 Å². The van der Waals surface area contributed by atoms with Gasteiger partial charge >= 0.3 is 0 Å². The van der Waals surface area contributed by atoms with Crippen LogP contribution in [0.2, 0.25) is 0 Å². The normalized spacial score (nSPS) is 14.4. The van der Waals surface area contributed by atoms with Crippen LogP contribution < -0.4 is 10.5 Å². The quantitative estimate of drug-likeness (QED) is 0.543. The van der Waals surface area contributed by atoms with E-state index in [9.17, 15) is 9.90 Å². The maximum absolute atomic E-state index is 12.8. The van der Waals surface area contributed by atoms with E-state index >= 15 is 0 Å². The summed E-state index contributed by atoms with van der Waals surface area (Å²) in [5.74, 6) is 0.981. The number of benzene rings is 1. The van der Waals surface area contributed by atoms with Gasteiger partial charge in [0, 0.05) is 11.4 Å². The van der Waals surface area contributed by atoms with E-state index in [0.717, 1.165) is 27.2 Å². The SMILES string of the molecule is Cc1ccc2cc(C[NH+](CCO)[C@H](c3nnnn3C(C)(C)C)C(C)C)c(=O)[nH]c2c1. The Kier molecular flexibility index (Phi) is 6.38. The lowest BCUT2D eigenvalue weighted by atomic mass is 9.99. The lowest BCUT2D eigenvalue weighted by molar-refractivity contribution is -0.950. The molecule has 0 aliphatic carbocycles. The molecule has 2 atom stereocenters. The lowest BCUT2D eigenvalue weighted by Gasteiger charge is -2.32. The molecule has 1 unspecified atom stereocenters. The summed E-state index contributed by atoms with van der Waals surface area (Å²) in [5, 5.41) is 23.3. The zero-order chi connectivity index (χ0) is 22.1. The Bertz CT molecular complexity index is 1060. The van der Waals surface area contributed by atoms with Gasteiger partial charge in [-0.1, -0.05) is 26.0 Å². The predicted octanol–water partition coefficient (Wildman–Crippen LogP) is 1.35. The van der Waals surface area contributed by atoms with Gasteiger partial charge in [-0.05, 0) is 61.2 Å². The van der Waals surface area contributed by atoms with Gasteiger partial charge in [0.25, 0.3) is 5.56 Å². The second kappa shape index (κ2) is 8.65. The number of fused-ring (bicyclic) bond motifs is 1. The zero-order valence-corrected chi connectivity index (χ0v) is 18.7. The van der Waals surface area contributed by atoms with Gasteiger partial charge in [0.15, 0.2) is 6.04 Å². The Morgan fingerprint density at radius 3 is 2.60 bits per heavy atom. The number of aryl methyl sites for hydroxylation is 1. The van der Waals surface area contributed by atoms with Crippen molar-refractivity contribution in [2.45, 2.75) is 59.7 Å². The first-order chi connectivity index (χ1) is 14.1. The molecule has 1 aromatic carbocycles. The average Bonchev–Trinajstić information content (AvgIpc) is 3.12. The summed E-state index contributed by atoms with van der Waals surface area (Å²) in [6.45, 7) is 13.4. The minimum Gasteiger partial charge on any atom is -0.391 e. The van der Waals surface area contributed by atoms with Gasteiger partial charge in [0.2, 0.25) is 5.82 Å². The molecule has 0 spiro atoms. The first kappa shape index (κ1) is 22.1. The summed E-state index contributed by atoms with van der Waals surface area (Å²) in [7, 11) is 0. The van der Waals surface area contributed by atoms with Gasteiger partial charge in [0.1, 0.15) is 13.1 Å². The fourth-order valence-electron chi connectivity index (χ4n) is 4.05. The Morgan fingerprint density at radius 1 is 1.23 bits per heavy atom. The van der Waals surface area contributed by atoms with E-state index in [0.29, 0.717) is 18.7 Å². The summed E-state index contributed by atoms with van der Waals surface area (Å²) in [6, 6.07) is 7.93. The minimum atomic E-state index is -0.269. The van der Waals surface area contributed by atoms with Gasteiger partial charge in [0.05, 0.1) is 17.7 Å². The number of hydrogen-bond acceptors (Lipinski definition) is 5. The predicted molar refractivity (Wildman–Crippen MR) is 116 cm³/mol. The van der Waals surface area contributed by atoms with Crippen molar-refractivity contribution in [2.75, 3.05) is 13.2 Å². The highest BCUT2D eigenvalue weighted by Crippen LogP contribution is 2.22. The number of nitrogens with one attached hydrogen (secondary N) is 2. The van der Waals surface area contributed by atoms with Gasteiger partial charge in [-0.3, -0.25) is 4.79 Å². The van der Waals surface area contributed by atoms with Gasteiger partial charge in [-0.25, -0.2) is 4.68 Å². The van der Waals surface area contributed by atoms with Crippen LogP contribution in [0.25, 0.3) is 10.9 Å². The van der Waals surface area contributed by atoms with Crippen molar-refractivity contribution in [3.63, 3.8) is 0 Å². The molecule has 3 N–H and O–H groups in total. The monoisotopic (exact) mass is 413 g/mol. The number of aromatic amines is 1. The van der Waals surface area contributed by atoms with E-state index in [-0.39, 0.29) is 29.7 Å². The molecule has 3 rings (SSSR count). The molecule has 162 valence electrons. The van der Waals surface area contributed by atoms with Crippen molar-refractivity contribution in [3.05, 3.63) is 51.6 Å². The van der Waals surface area contributed by atoms with Crippen LogP contribution in [-0.4, -0.2) is 43.4 Å². The number of aromatic nitrogens is 5. The smallest absolute Gasteiger partial charge is 0.257 e. The molecular weight excluding hydrogens is 380 g/mol. The van der Waals surface area contributed by atoms with Crippen LogP contribution in [0.15, 0.2) is 29.1 Å². The Balaban J connectivity index is 2.03. The first-order valence-corrected chi connectivity index (χ1v) is 10.5. The van der Waals surface area contributed by atoms with Crippen molar-refractivity contribution >= 4 is 10.9 Å². The summed E-state index contributed by atoms with van der Waals surface area (Å²) in [4.78, 5) is 16.9. The number of aliphatic hydroxyl groups is 1. The molecule has 2 heterocycles. The molecule has 0 bridgehead atoms. The largest absolute Gasteiger partial charge is 0.391 e. The summed E-state index contributed by atoms with van der Waals surface area (Å²) < 4.78 is 1.85. The third-order valence-corrected chi connectivity index (χ3v) is 5.44. The van der Waals surface area contributed by atoms with Crippen LogP contribution in [-0.2, 0) is 12.1 Å². The maximum Gasteiger partial charge on any atom is 0.257 e. The number of hydrogen-bond donors (Lipinski definition) is 3. The molecular formula is C22H33N6O2+. The second-order valence-electron chi connectivity index (χ2n) is 9.36. The van der Waals surface area contributed by atoms with E-state index in [1.807, 2.05) is 35.9 Å². The molecule has 8 heteroatoms. The molecule has 0 radical (unpaired) electrons. The van der Waals surface area contributed by atoms with E-state index < -0.39 is 0 Å². The number of rotatable bonds is 7. The third-order valence-electron chi connectivity index (χ3n) is 5.44. The molecule has 0 saturated heterocycles. The summed E-state index contributed by atoms with van der Waals surface area (Å²) in [5.41, 5.74) is 2.27. The van der Waals surface area contributed by atoms with E-state index in [2.05, 4.69) is 55.1 Å². The highest BCUT2D eigenvalue weighted by molar-refractivity contribution is 5.79. The van der Waals surface area contributed by atoms with Crippen molar-refractivity contribution in [1.29, 1.82) is 0 Å². The van der Waals surface area contributed by atoms with Crippen LogP contribution in [0, 0.1) is 12.8 Å². The summed E-state index contributed by atoms with van der Waals surface area (Å²) >= 11 is 0. The Hall–Kier alpha value is -2.58. The molecule has 3 aromatic rings. The molecule has 30 heavy (non-hydrogen) atoms. The number of aliphatic hydroxyl groups excluding tert-OH is 1. The molecule has 0 fully saturated rings. The number of quaternary nitrogens is 1. The Morgan fingerprint density at radius 2 is 1.97 bits per heavy atom. The molecule has 0 aliphatic heterocycles. The lowest BCUT2D eigenvalue weighted by Crippen LogP contribution is -3.12. The van der Waals surface area contributed by atoms with E-state index in [4.69, 9.17) is 0 Å². The number of tetrazole rings is 1. The van der Waals surface area contributed by atoms with Crippen LogP contribution in [0.5, 0.6) is 0 Å². The van der Waals surface area contributed by atoms with Crippen LogP contribution in [0.1, 0.15) is 57.6 Å². The number of nitrogens with zero attached hydrogens (tertiary/aromatic N) is 4. The van der Waals surface area contributed by atoms with Crippen molar-refractivity contribution in [3.8, 4) is 0 Å². The zero-order valence-electron chi connectivity index (χ0n) is 18.7. The average molecular weight is 414 g/mol. The topological polar surface area (TPSA) is 101 Å². The van der Waals surface area contributed by atoms with Crippen molar-refractivity contribution in [2.24, 2.45) is 5.92 Å². The maximum atomic E-state index is 12.8. The number of H-pyrrole nitrogens is 1. The fourth-order valence-corrected chi connectivity index (χ4v) is 4.05.